The van der Waals surface area contributed by atoms with Gasteiger partial charge in [0.2, 0.25) is 17.7 Å². The second-order valence-corrected chi connectivity index (χ2v) is 9.30. The molecule has 10 N–H and O–H groups in total. The van der Waals surface area contributed by atoms with Crippen LogP contribution in [-0.4, -0.2) is 71.9 Å². The number of nitrogens with zero attached hydrogens (tertiary/aromatic N) is 2. The summed E-state index contributed by atoms with van der Waals surface area (Å²) in [7, 11) is 0. The predicted molar refractivity (Wildman–Crippen MR) is 152 cm³/mol. The number of nitrogens with one attached hydrogen (secondary N) is 2. The number of para-hydroxylation sites is 1. The van der Waals surface area contributed by atoms with Crippen LogP contribution in [0.2, 0.25) is 0 Å². The molecule has 1 heterocycles. The number of aryl methyl sites for hydroxylation is 1. The number of hydrogen-bond acceptors (Lipinski definition) is 8. The Morgan fingerprint density at radius 1 is 0.923 bits per heavy atom. The van der Waals surface area contributed by atoms with Gasteiger partial charge in [-0.25, -0.2) is 0 Å². The summed E-state index contributed by atoms with van der Waals surface area (Å²) in [5.41, 5.74) is 25.6. The van der Waals surface area contributed by atoms with Crippen molar-refractivity contribution in [3.63, 3.8) is 0 Å². The Morgan fingerprint density at radius 3 is 2.31 bits per heavy atom. The van der Waals surface area contributed by atoms with E-state index >= 15 is 0 Å². The van der Waals surface area contributed by atoms with Crippen molar-refractivity contribution in [2.24, 2.45) is 22.9 Å². The highest BCUT2D eigenvalue weighted by Gasteiger charge is 2.28. The van der Waals surface area contributed by atoms with Crippen molar-refractivity contribution in [2.45, 2.75) is 37.4 Å². The Bertz CT molecular complexity index is 1240. The maximum atomic E-state index is 13.3. The molecule has 0 bridgehead atoms. The molecule has 1 aromatic heterocycles. The minimum Gasteiger partial charge on any atom is -0.343 e. The Morgan fingerprint density at radius 2 is 1.62 bits per heavy atom. The monoisotopic (exact) mass is 534 g/mol. The number of fused-ring (bicyclic) bond motifs is 1. The highest BCUT2D eigenvalue weighted by molar-refractivity contribution is 5.99. The van der Waals surface area contributed by atoms with Crippen molar-refractivity contribution in [3.05, 3.63) is 72.4 Å². The van der Waals surface area contributed by atoms with Gasteiger partial charge in [0.1, 0.15) is 6.04 Å². The predicted octanol–water partition coefficient (Wildman–Crippen LogP) is 0.0816. The van der Waals surface area contributed by atoms with Crippen LogP contribution in [0.15, 0.2) is 66.9 Å². The normalized spacial score (nSPS) is 12.6. The Labute approximate surface area is 228 Å². The third kappa shape index (κ3) is 8.55. The third-order valence-electron chi connectivity index (χ3n) is 6.46. The SMILES string of the molecule is NCCN(C(=O)C[C@H](N)C(=O)N[C@@H](CCc1ccccc1)C(=O)Nc1cnc2ccccc2c1)C(CN)CN. The topological polar surface area (TPSA) is 195 Å². The van der Waals surface area contributed by atoms with Crippen LogP contribution in [0.1, 0.15) is 18.4 Å². The average molecular weight is 535 g/mol. The molecule has 208 valence electrons. The van der Waals surface area contributed by atoms with E-state index in [0.717, 1.165) is 16.5 Å². The first kappa shape index (κ1) is 29.7. The molecule has 0 aliphatic heterocycles. The second-order valence-electron chi connectivity index (χ2n) is 9.30. The highest BCUT2D eigenvalue weighted by Crippen LogP contribution is 2.17. The first-order valence-corrected chi connectivity index (χ1v) is 13.0. The number of carbonyl (C=O) groups is 3. The summed E-state index contributed by atoms with van der Waals surface area (Å²) in [5.74, 6) is -1.40. The van der Waals surface area contributed by atoms with Crippen LogP contribution in [0.3, 0.4) is 0 Å². The number of amides is 3. The summed E-state index contributed by atoms with van der Waals surface area (Å²) >= 11 is 0. The lowest BCUT2D eigenvalue weighted by atomic mass is 10.0. The number of benzene rings is 2. The van der Waals surface area contributed by atoms with Gasteiger partial charge in [-0.15, -0.1) is 0 Å². The van der Waals surface area contributed by atoms with E-state index in [1.165, 1.54) is 4.90 Å². The van der Waals surface area contributed by atoms with E-state index in [-0.39, 0.29) is 38.5 Å². The van der Waals surface area contributed by atoms with E-state index in [1.807, 2.05) is 60.7 Å². The Balaban J connectivity index is 1.71. The number of rotatable bonds is 14. The van der Waals surface area contributed by atoms with Gasteiger partial charge >= 0.3 is 0 Å². The smallest absolute Gasteiger partial charge is 0.247 e. The van der Waals surface area contributed by atoms with E-state index in [0.29, 0.717) is 18.5 Å². The van der Waals surface area contributed by atoms with Crippen molar-refractivity contribution in [1.82, 2.24) is 15.2 Å². The van der Waals surface area contributed by atoms with Gasteiger partial charge in [-0.3, -0.25) is 19.4 Å². The average Bonchev–Trinajstić information content (AvgIpc) is 2.95. The molecule has 3 amide bonds. The molecule has 39 heavy (non-hydrogen) atoms. The van der Waals surface area contributed by atoms with E-state index in [4.69, 9.17) is 22.9 Å². The van der Waals surface area contributed by atoms with Gasteiger partial charge in [0.25, 0.3) is 0 Å². The summed E-state index contributed by atoms with van der Waals surface area (Å²) in [4.78, 5) is 45.1. The lowest BCUT2D eigenvalue weighted by Gasteiger charge is -2.30. The van der Waals surface area contributed by atoms with E-state index < -0.39 is 29.9 Å². The van der Waals surface area contributed by atoms with Crippen LogP contribution in [-0.2, 0) is 20.8 Å². The van der Waals surface area contributed by atoms with Crippen LogP contribution in [0.4, 0.5) is 5.69 Å². The number of carbonyl (C=O) groups excluding carboxylic acids is 3. The maximum Gasteiger partial charge on any atom is 0.247 e. The zero-order chi connectivity index (χ0) is 28.2. The molecule has 0 radical (unpaired) electrons. The molecule has 3 aromatic rings. The summed E-state index contributed by atoms with van der Waals surface area (Å²) in [6, 6.07) is 16.5. The van der Waals surface area contributed by atoms with Crippen LogP contribution in [0.25, 0.3) is 10.9 Å². The fourth-order valence-electron chi connectivity index (χ4n) is 4.27. The fraction of sp³-hybridized carbons (Fsp3) is 0.357. The Kier molecular flexibility index (Phi) is 11.3. The van der Waals surface area contributed by atoms with Gasteiger partial charge in [0.05, 0.1) is 35.9 Å². The first-order valence-electron chi connectivity index (χ1n) is 13.0. The molecule has 0 aliphatic carbocycles. The van der Waals surface area contributed by atoms with Crippen LogP contribution in [0, 0.1) is 0 Å². The number of pyridine rings is 1. The standard InChI is InChI=1S/C28H38N8O3/c29-12-13-36(22(16-30)17-31)26(37)15-23(32)27(38)35-25(11-10-19-6-2-1-3-7-19)28(39)34-21-14-20-8-4-5-9-24(20)33-18-21/h1-9,14,18,22-23,25H,10-13,15-17,29-32H2,(H,34,39)(H,35,38)/t23-,25-/m0/s1. The second kappa shape index (κ2) is 14.9. The summed E-state index contributed by atoms with van der Waals surface area (Å²) in [6.45, 7) is 0.785. The highest BCUT2D eigenvalue weighted by atomic mass is 16.2. The van der Waals surface area contributed by atoms with Gasteiger partial charge in [-0.05, 0) is 30.5 Å². The molecule has 0 saturated heterocycles. The molecule has 0 spiro atoms. The molecule has 0 fully saturated rings. The molecule has 11 nitrogen and oxygen atoms in total. The van der Waals surface area contributed by atoms with Crippen LogP contribution < -0.4 is 33.6 Å². The Hall–Kier alpha value is -3.90. The number of hydrogen-bond donors (Lipinski definition) is 6. The minimum atomic E-state index is -1.18. The number of aromatic nitrogens is 1. The first-order chi connectivity index (χ1) is 18.9. The van der Waals surface area contributed by atoms with E-state index in [2.05, 4.69) is 15.6 Å². The van der Waals surface area contributed by atoms with Gasteiger partial charge in [0, 0.05) is 31.6 Å². The summed E-state index contributed by atoms with van der Waals surface area (Å²) < 4.78 is 0. The summed E-state index contributed by atoms with van der Waals surface area (Å²) in [6.07, 6.45) is 2.16. The van der Waals surface area contributed by atoms with Crippen molar-refractivity contribution in [1.29, 1.82) is 0 Å². The zero-order valence-corrected chi connectivity index (χ0v) is 22.0. The molecular formula is C28H38N8O3. The molecule has 0 aliphatic rings. The third-order valence-corrected chi connectivity index (χ3v) is 6.46. The maximum absolute atomic E-state index is 13.3. The molecule has 3 rings (SSSR count). The number of nitrogens with two attached hydrogens (primary N) is 4. The van der Waals surface area contributed by atoms with E-state index in [9.17, 15) is 14.4 Å². The largest absolute Gasteiger partial charge is 0.343 e. The summed E-state index contributed by atoms with van der Waals surface area (Å²) in [5, 5.41) is 6.45. The van der Waals surface area contributed by atoms with Crippen molar-refractivity contribution >= 4 is 34.3 Å². The van der Waals surface area contributed by atoms with Crippen molar-refractivity contribution in [3.8, 4) is 0 Å². The molecule has 2 atom stereocenters. The van der Waals surface area contributed by atoms with Crippen LogP contribution >= 0.6 is 0 Å². The lowest BCUT2D eigenvalue weighted by molar-refractivity contribution is -0.136. The van der Waals surface area contributed by atoms with Crippen LogP contribution in [0.5, 0.6) is 0 Å². The molecule has 2 aromatic carbocycles. The van der Waals surface area contributed by atoms with Gasteiger partial charge in [0.15, 0.2) is 0 Å². The van der Waals surface area contributed by atoms with Gasteiger partial charge < -0.3 is 38.5 Å². The molecule has 11 heteroatoms. The molecular weight excluding hydrogens is 496 g/mol. The molecule has 0 saturated carbocycles. The van der Waals surface area contributed by atoms with Crippen molar-refractivity contribution in [2.75, 3.05) is 31.5 Å². The number of anilines is 1. The minimum absolute atomic E-state index is 0.162. The lowest BCUT2D eigenvalue weighted by Crippen LogP contribution is -2.54. The quantitative estimate of drug-likeness (QED) is 0.167. The molecule has 0 unspecified atom stereocenters. The van der Waals surface area contributed by atoms with Gasteiger partial charge in [-0.1, -0.05) is 48.5 Å². The van der Waals surface area contributed by atoms with Gasteiger partial charge in [-0.2, -0.15) is 0 Å². The zero-order valence-electron chi connectivity index (χ0n) is 22.0. The van der Waals surface area contributed by atoms with Crippen molar-refractivity contribution < 1.29 is 14.4 Å². The van der Waals surface area contributed by atoms with E-state index in [1.54, 1.807) is 6.20 Å². The fourth-order valence-corrected chi connectivity index (χ4v) is 4.27.